The monoisotopic (exact) mass is 337 g/mol. The zero-order chi connectivity index (χ0) is 17.8. The molecule has 130 valence electrons. The fraction of sp³-hybridized carbons (Fsp3) is 0.286. The smallest absolute Gasteiger partial charge is 0.107 e. The highest BCUT2D eigenvalue weighted by atomic mass is 19.1. The van der Waals surface area contributed by atoms with Crippen LogP contribution in [0.2, 0.25) is 0 Å². The van der Waals surface area contributed by atoms with Gasteiger partial charge in [-0.05, 0) is 32.6 Å². The average Bonchev–Trinajstić information content (AvgIpc) is 3.06. The highest BCUT2D eigenvalue weighted by Crippen LogP contribution is 2.33. The summed E-state index contributed by atoms with van der Waals surface area (Å²) < 4.78 is 14.9. The summed E-state index contributed by atoms with van der Waals surface area (Å²) in [5.74, 6) is 0. The van der Waals surface area contributed by atoms with E-state index in [9.17, 15) is 4.39 Å². The number of benzene rings is 2. The largest absolute Gasteiger partial charge is 0.327 e. The maximum Gasteiger partial charge on any atom is 0.107 e. The van der Waals surface area contributed by atoms with Crippen molar-refractivity contribution in [1.29, 1.82) is 0 Å². The van der Waals surface area contributed by atoms with Gasteiger partial charge in [-0.25, -0.2) is 9.37 Å². The van der Waals surface area contributed by atoms with Crippen molar-refractivity contribution in [3.8, 4) is 22.5 Å². The summed E-state index contributed by atoms with van der Waals surface area (Å²) in [5.41, 5.74) is 5.20. The van der Waals surface area contributed by atoms with Crippen LogP contribution in [0.25, 0.3) is 22.5 Å². The lowest BCUT2D eigenvalue weighted by atomic mass is 10.00. The number of aromatic nitrogens is 2. The first kappa shape index (κ1) is 17.4. The van der Waals surface area contributed by atoms with Crippen molar-refractivity contribution >= 4 is 0 Å². The molecule has 0 radical (unpaired) electrons. The van der Waals surface area contributed by atoms with Gasteiger partial charge in [0.05, 0.1) is 24.3 Å². The molecule has 0 fully saturated rings. The van der Waals surface area contributed by atoms with Crippen LogP contribution < -0.4 is 0 Å². The number of imidazole rings is 1. The minimum atomic E-state index is -0.411. The van der Waals surface area contributed by atoms with Gasteiger partial charge in [0.1, 0.15) is 6.67 Å². The van der Waals surface area contributed by atoms with Gasteiger partial charge in [0.15, 0.2) is 0 Å². The second-order valence-corrected chi connectivity index (χ2v) is 6.46. The Hall–Kier alpha value is -2.46. The minimum absolute atomic E-state index is 0.303. The molecular formula is C21H24FN3. The van der Waals surface area contributed by atoms with Crippen LogP contribution in [-0.2, 0) is 6.54 Å². The fourth-order valence-electron chi connectivity index (χ4n) is 3.00. The summed E-state index contributed by atoms with van der Waals surface area (Å²) >= 11 is 0. The SMILES string of the molecule is C[C@@H](c1cccc(-c2c(-c3ccccc3)ncn2CCF)c1)N(C)C. The van der Waals surface area contributed by atoms with Crippen LogP contribution in [0.4, 0.5) is 4.39 Å². The normalized spacial score (nSPS) is 12.5. The summed E-state index contributed by atoms with van der Waals surface area (Å²) in [7, 11) is 4.14. The molecule has 0 spiro atoms. The van der Waals surface area contributed by atoms with Gasteiger partial charge in [-0.3, -0.25) is 0 Å². The van der Waals surface area contributed by atoms with Gasteiger partial charge >= 0.3 is 0 Å². The van der Waals surface area contributed by atoms with E-state index in [-0.39, 0.29) is 0 Å². The summed E-state index contributed by atoms with van der Waals surface area (Å²) in [5, 5.41) is 0. The Balaban J connectivity index is 2.12. The first-order valence-electron chi connectivity index (χ1n) is 8.55. The molecule has 3 aromatic rings. The second kappa shape index (κ2) is 7.62. The minimum Gasteiger partial charge on any atom is -0.327 e. The topological polar surface area (TPSA) is 21.1 Å². The molecule has 4 heteroatoms. The molecule has 0 bridgehead atoms. The lowest BCUT2D eigenvalue weighted by Crippen LogP contribution is -2.16. The Morgan fingerprint density at radius 3 is 2.44 bits per heavy atom. The molecule has 1 atom stereocenters. The Morgan fingerprint density at radius 2 is 1.76 bits per heavy atom. The lowest BCUT2D eigenvalue weighted by molar-refractivity contribution is 0.321. The number of hydrogen-bond donors (Lipinski definition) is 0. The molecule has 0 amide bonds. The van der Waals surface area contributed by atoms with Gasteiger partial charge in [0, 0.05) is 17.2 Å². The number of rotatable bonds is 6. The van der Waals surface area contributed by atoms with Gasteiger partial charge in [-0.15, -0.1) is 0 Å². The van der Waals surface area contributed by atoms with Gasteiger partial charge in [-0.2, -0.15) is 0 Å². The van der Waals surface area contributed by atoms with E-state index in [1.54, 1.807) is 6.33 Å². The molecule has 3 rings (SSSR count). The van der Waals surface area contributed by atoms with Gasteiger partial charge < -0.3 is 9.47 Å². The Morgan fingerprint density at radius 1 is 1.04 bits per heavy atom. The molecule has 0 unspecified atom stereocenters. The van der Waals surface area contributed by atoms with E-state index in [4.69, 9.17) is 0 Å². The van der Waals surface area contributed by atoms with Crippen molar-refractivity contribution in [2.24, 2.45) is 0 Å². The maximum atomic E-state index is 13.0. The van der Waals surface area contributed by atoms with E-state index < -0.39 is 6.67 Å². The summed E-state index contributed by atoms with van der Waals surface area (Å²) in [6, 6.07) is 18.8. The van der Waals surface area contributed by atoms with Crippen LogP contribution in [0.15, 0.2) is 60.9 Å². The molecular weight excluding hydrogens is 313 g/mol. The molecule has 0 saturated carbocycles. The fourth-order valence-corrected chi connectivity index (χ4v) is 3.00. The highest BCUT2D eigenvalue weighted by Gasteiger charge is 2.16. The molecule has 0 N–H and O–H groups in total. The molecule has 25 heavy (non-hydrogen) atoms. The van der Waals surface area contributed by atoms with Crippen LogP contribution in [-0.4, -0.2) is 35.2 Å². The summed E-state index contributed by atoms with van der Waals surface area (Å²) in [6.07, 6.45) is 1.74. The number of hydrogen-bond acceptors (Lipinski definition) is 2. The molecule has 1 heterocycles. The molecule has 0 aliphatic heterocycles. The zero-order valence-corrected chi connectivity index (χ0v) is 15.0. The predicted molar refractivity (Wildman–Crippen MR) is 101 cm³/mol. The predicted octanol–water partition coefficient (Wildman–Crippen LogP) is 4.81. The van der Waals surface area contributed by atoms with E-state index in [1.165, 1.54) is 5.56 Å². The van der Waals surface area contributed by atoms with Crippen molar-refractivity contribution in [2.45, 2.75) is 19.5 Å². The number of halogens is 1. The van der Waals surface area contributed by atoms with E-state index in [0.717, 1.165) is 22.5 Å². The van der Waals surface area contributed by atoms with Crippen molar-refractivity contribution in [1.82, 2.24) is 14.5 Å². The van der Waals surface area contributed by atoms with E-state index >= 15 is 0 Å². The third kappa shape index (κ3) is 3.64. The van der Waals surface area contributed by atoms with Crippen molar-refractivity contribution in [3.63, 3.8) is 0 Å². The summed E-state index contributed by atoms with van der Waals surface area (Å²) in [6.45, 7) is 2.07. The third-order valence-electron chi connectivity index (χ3n) is 4.63. The first-order valence-corrected chi connectivity index (χ1v) is 8.55. The van der Waals surface area contributed by atoms with Crippen LogP contribution in [0.5, 0.6) is 0 Å². The first-order chi connectivity index (χ1) is 12.1. The van der Waals surface area contributed by atoms with Crippen molar-refractivity contribution in [3.05, 3.63) is 66.5 Å². The van der Waals surface area contributed by atoms with Gasteiger partial charge in [-0.1, -0.05) is 48.5 Å². The molecule has 0 aliphatic rings. The maximum absolute atomic E-state index is 13.0. The third-order valence-corrected chi connectivity index (χ3v) is 4.63. The van der Waals surface area contributed by atoms with E-state index in [1.807, 2.05) is 34.9 Å². The van der Waals surface area contributed by atoms with Crippen LogP contribution in [0.3, 0.4) is 0 Å². The quantitative estimate of drug-likeness (QED) is 0.644. The molecule has 2 aromatic carbocycles. The van der Waals surface area contributed by atoms with Crippen molar-refractivity contribution in [2.75, 3.05) is 20.8 Å². The van der Waals surface area contributed by atoms with E-state index in [0.29, 0.717) is 12.6 Å². The second-order valence-electron chi connectivity index (χ2n) is 6.46. The Bertz CT molecular complexity index is 824. The Kier molecular flexibility index (Phi) is 5.29. The van der Waals surface area contributed by atoms with E-state index in [2.05, 4.69) is 55.2 Å². The molecule has 3 nitrogen and oxygen atoms in total. The summed E-state index contributed by atoms with van der Waals surface area (Å²) in [4.78, 5) is 6.75. The molecule has 0 saturated heterocycles. The van der Waals surface area contributed by atoms with Crippen LogP contribution in [0, 0.1) is 0 Å². The molecule has 1 aromatic heterocycles. The number of alkyl halides is 1. The number of nitrogens with zero attached hydrogens (tertiary/aromatic N) is 3. The van der Waals surface area contributed by atoms with Gasteiger partial charge in [0.2, 0.25) is 0 Å². The molecule has 0 aliphatic carbocycles. The van der Waals surface area contributed by atoms with Gasteiger partial charge in [0.25, 0.3) is 0 Å². The zero-order valence-electron chi connectivity index (χ0n) is 15.0. The highest BCUT2D eigenvalue weighted by molar-refractivity contribution is 5.78. The lowest BCUT2D eigenvalue weighted by Gasteiger charge is -2.21. The van der Waals surface area contributed by atoms with Crippen molar-refractivity contribution < 1.29 is 4.39 Å². The number of aryl methyl sites for hydroxylation is 1. The van der Waals surface area contributed by atoms with Crippen LogP contribution >= 0.6 is 0 Å². The average molecular weight is 337 g/mol. The standard InChI is InChI=1S/C21H24FN3/c1-16(24(2)3)18-10-7-11-19(14-18)21-20(17-8-5-4-6-9-17)23-15-25(21)13-12-22/h4-11,14-16H,12-13H2,1-3H3/t16-/m0/s1. The van der Waals surface area contributed by atoms with Crippen LogP contribution in [0.1, 0.15) is 18.5 Å². The Labute approximate surface area is 148 Å².